The molecule has 1 unspecified atom stereocenters. The predicted molar refractivity (Wildman–Crippen MR) is 128 cm³/mol. The molecule has 0 amide bonds. The van der Waals surface area contributed by atoms with Gasteiger partial charge in [-0.2, -0.15) is 15.2 Å². The highest BCUT2D eigenvalue weighted by Crippen LogP contribution is 2.27. The number of benzene rings is 2. The molecule has 1 atom stereocenters. The van der Waals surface area contributed by atoms with Crippen molar-refractivity contribution in [3.8, 4) is 11.8 Å². The maximum atomic E-state index is 14.1. The highest BCUT2D eigenvalue weighted by molar-refractivity contribution is 7.91. The fourth-order valence-electron chi connectivity index (χ4n) is 3.66. The Labute approximate surface area is 198 Å². The van der Waals surface area contributed by atoms with Gasteiger partial charge in [0.15, 0.2) is 15.7 Å². The topological polar surface area (TPSA) is 183 Å². The van der Waals surface area contributed by atoms with Crippen molar-refractivity contribution in [2.24, 2.45) is 0 Å². The quantitative estimate of drug-likeness (QED) is 0.370. The SMILES string of the molecule is CC(Nc1nc(N)nc(N)c1C#N)c1nc2cccc(S(C)(=O)=O)c2c(=O)n1-c1cccc(F)c1. The number of hydrogen-bond acceptors (Lipinski definition) is 10. The lowest BCUT2D eigenvalue weighted by Gasteiger charge is -2.21. The number of nitrogens with one attached hydrogen (secondary N) is 1. The predicted octanol–water partition coefficient (Wildman–Crippen LogP) is 1.93. The summed E-state index contributed by atoms with van der Waals surface area (Å²) < 4.78 is 40.0. The summed E-state index contributed by atoms with van der Waals surface area (Å²) in [6.45, 7) is 1.62. The van der Waals surface area contributed by atoms with Crippen molar-refractivity contribution in [3.05, 3.63) is 70.0 Å². The van der Waals surface area contributed by atoms with E-state index in [1.165, 1.54) is 36.4 Å². The Balaban J connectivity index is 2.02. The van der Waals surface area contributed by atoms with Gasteiger partial charge >= 0.3 is 0 Å². The van der Waals surface area contributed by atoms with Crippen LogP contribution in [0.25, 0.3) is 16.6 Å². The smallest absolute Gasteiger partial charge is 0.267 e. The molecule has 11 nitrogen and oxygen atoms in total. The second-order valence-corrected chi connectivity index (χ2v) is 9.67. The lowest BCUT2D eigenvalue weighted by atomic mass is 10.2. The second kappa shape index (κ2) is 8.65. The highest BCUT2D eigenvalue weighted by atomic mass is 32.2. The third-order valence-electron chi connectivity index (χ3n) is 5.16. The molecule has 2 aromatic heterocycles. The van der Waals surface area contributed by atoms with Gasteiger partial charge in [0.25, 0.3) is 5.56 Å². The Hall–Kier alpha value is -4.57. The largest absolute Gasteiger partial charge is 0.382 e. The molecule has 0 aliphatic rings. The van der Waals surface area contributed by atoms with Crippen molar-refractivity contribution >= 4 is 38.3 Å². The zero-order chi connectivity index (χ0) is 25.5. The Morgan fingerprint density at radius 2 is 1.86 bits per heavy atom. The molecule has 4 aromatic rings. The van der Waals surface area contributed by atoms with Gasteiger partial charge in [-0.3, -0.25) is 9.36 Å². The Morgan fingerprint density at radius 1 is 1.14 bits per heavy atom. The van der Waals surface area contributed by atoms with Crippen LogP contribution < -0.4 is 22.3 Å². The summed E-state index contributed by atoms with van der Waals surface area (Å²) >= 11 is 0. The first kappa shape index (κ1) is 23.6. The number of nitrogens with two attached hydrogens (primary N) is 2. The minimum absolute atomic E-state index is 0.00928. The van der Waals surface area contributed by atoms with E-state index in [9.17, 15) is 22.9 Å². The van der Waals surface area contributed by atoms with E-state index in [1.807, 2.05) is 6.07 Å². The monoisotopic (exact) mass is 494 g/mol. The van der Waals surface area contributed by atoms with Gasteiger partial charge in [-0.05, 0) is 37.3 Å². The van der Waals surface area contributed by atoms with Crippen LogP contribution in [0.1, 0.15) is 24.4 Å². The summed E-state index contributed by atoms with van der Waals surface area (Å²) in [4.78, 5) is 25.8. The van der Waals surface area contributed by atoms with E-state index in [0.717, 1.165) is 16.9 Å². The number of nitrogen functional groups attached to an aromatic ring is 2. The molecule has 0 radical (unpaired) electrons. The van der Waals surface area contributed by atoms with Crippen molar-refractivity contribution in [2.45, 2.75) is 17.9 Å². The number of aromatic nitrogens is 4. The van der Waals surface area contributed by atoms with Crippen LogP contribution >= 0.6 is 0 Å². The van der Waals surface area contributed by atoms with Crippen LogP contribution in [-0.2, 0) is 9.84 Å². The molecule has 5 N–H and O–H groups in total. The fourth-order valence-corrected chi connectivity index (χ4v) is 4.55. The van der Waals surface area contributed by atoms with E-state index < -0.39 is 27.3 Å². The van der Waals surface area contributed by atoms with E-state index in [4.69, 9.17) is 11.5 Å². The lowest BCUT2D eigenvalue weighted by molar-refractivity contribution is 0.602. The number of fused-ring (bicyclic) bond motifs is 1. The molecule has 0 aliphatic heterocycles. The maximum absolute atomic E-state index is 14.1. The van der Waals surface area contributed by atoms with Gasteiger partial charge in [-0.1, -0.05) is 12.1 Å². The van der Waals surface area contributed by atoms with Crippen LogP contribution in [0.15, 0.2) is 52.2 Å². The van der Waals surface area contributed by atoms with Crippen LogP contribution in [0.5, 0.6) is 0 Å². The normalized spacial score (nSPS) is 12.3. The number of hydrogen-bond donors (Lipinski definition) is 3. The van der Waals surface area contributed by atoms with Gasteiger partial charge in [0, 0.05) is 6.26 Å². The molecule has 2 heterocycles. The maximum Gasteiger partial charge on any atom is 0.267 e. The molecular weight excluding hydrogens is 475 g/mol. The van der Waals surface area contributed by atoms with E-state index >= 15 is 0 Å². The zero-order valence-corrected chi connectivity index (χ0v) is 19.3. The first-order valence-corrected chi connectivity index (χ1v) is 12.0. The van der Waals surface area contributed by atoms with Crippen molar-refractivity contribution < 1.29 is 12.8 Å². The van der Waals surface area contributed by atoms with Gasteiger partial charge < -0.3 is 16.8 Å². The van der Waals surface area contributed by atoms with Crippen molar-refractivity contribution in [3.63, 3.8) is 0 Å². The molecule has 2 aromatic carbocycles. The number of nitriles is 1. The third kappa shape index (κ3) is 4.34. The Morgan fingerprint density at radius 3 is 2.51 bits per heavy atom. The molecule has 35 heavy (non-hydrogen) atoms. The molecule has 0 aliphatic carbocycles. The van der Waals surface area contributed by atoms with Gasteiger partial charge in [-0.25, -0.2) is 17.8 Å². The number of anilines is 3. The number of nitrogens with zero attached hydrogens (tertiary/aromatic N) is 5. The van der Waals surface area contributed by atoms with Gasteiger partial charge in [0.1, 0.15) is 29.1 Å². The Bertz CT molecular complexity index is 1700. The van der Waals surface area contributed by atoms with Crippen LogP contribution in [0.2, 0.25) is 0 Å². The van der Waals surface area contributed by atoms with Gasteiger partial charge in [0.05, 0.1) is 27.5 Å². The van der Waals surface area contributed by atoms with Crippen molar-refractivity contribution in [2.75, 3.05) is 23.0 Å². The average molecular weight is 495 g/mol. The van der Waals surface area contributed by atoms with E-state index in [2.05, 4.69) is 20.3 Å². The fraction of sp³-hybridized carbons (Fsp3) is 0.136. The molecule has 0 spiro atoms. The summed E-state index contributed by atoms with van der Waals surface area (Å²) in [7, 11) is -3.78. The molecule has 13 heteroatoms. The minimum Gasteiger partial charge on any atom is -0.382 e. The third-order valence-corrected chi connectivity index (χ3v) is 6.30. The van der Waals surface area contributed by atoms with Gasteiger partial charge in [0.2, 0.25) is 5.95 Å². The van der Waals surface area contributed by atoms with Crippen LogP contribution in [0, 0.1) is 17.1 Å². The number of halogens is 1. The van der Waals surface area contributed by atoms with Crippen LogP contribution in [-0.4, -0.2) is 34.2 Å². The molecule has 4 rings (SSSR count). The second-order valence-electron chi connectivity index (χ2n) is 7.68. The van der Waals surface area contributed by atoms with Gasteiger partial charge in [-0.15, -0.1) is 0 Å². The molecule has 0 saturated heterocycles. The van der Waals surface area contributed by atoms with E-state index in [-0.39, 0.29) is 50.5 Å². The first-order valence-electron chi connectivity index (χ1n) is 10.1. The van der Waals surface area contributed by atoms with Crippen molar-refractivity contribution in [1.29, 1.82) is 5.26 Å². The summed E-state index contributed by atoms with van der Waals surface area (Å²) in [5.74, 6) is -0.821. The summed E-state index contributed by atoms with van der Waals surface area (Å²) in [5, 5.41) is 12.3. The minimum atomic E-state index is -3.78. The molecule has 0 fully saturated rings. The molecule has 0 bridgehead atoms. The standard InChI is InChI=1S/C22H19FN8O3S/c1-11(27-19-14(10-24)18(25)29-22(26)30-19)20-28-15-7-4-8-16(35(2,33)34)17(15)21(32)31(20)13-6-3-5-12(23)9-13/h3-9,11H,1-2H3,(H5,25,26,27,29,30). The summed E-state index contributed by atoms with van der Waals surface area (Å²) in [6.07, 6.45) is 0.985. The Kier molecular flexibility index (Phi) is 5.83. The molecule has 0 saturated carbocycles. The zero-order valence-electron chi connectivity index (χ0n) is 18.5. The first-order chi connectivity index (χ1) is 16.5. The highest BCUT2D eigenvalue weighted by Gasteiger charge is 2.24. The van der Waals surface area contributed by atoms with Crippen LogP contribution in [0.4, 0.5) is 22.0 Å². The number of sulfone groups is 1. The van der Waals surface area contributed by atoms with E-state index in [0.29, 0.717) is 0 Å². The van der Waals surface area contributed by atoms with Crippen molar-refractivity contribution in [1.82, 2.24) is 19.5 Å². The summed E-state index contributed by atoms with van der Waals surface area (Å²) in [6, 6.07) is 10.6. The lowest BCUT2D eigenvalue weighted by Crippen LogP contribution is -2.28. The number of rotatable bonds is 5. The van der Waals surface area contributed by atoms with Crippen LogP contribution in [0.3, 0.4) is 0 Å². The molecule has 178 valence electrons. The average Bonchev–Trinajstić information content (AvgIpc) is 2.77. The van der Waals surface area contributed by atoms with E-state index in [1.54, 1.807) is 6.92 Å². The summed E-state index contributed by atoms with van der Waals surface area (Å²) in [5.41, 5.74) is 10.9. The molecular formula is C22H19FN8O3S.